The number of para-hydroxylation sites is 1. The van der Waals surface area contributed by atoms with Crippen LogP contribution in [0, 0.1) is 17.3 Å². The minimum Gasteiger partial charge on any atom is -0.495 e. The zero-order valence-corrected chi connectivity index (χ0v) is 19.1. The molecule has 4 aliphatic carbocycles. The van der Waals surface area contributed by atoms with Crippen molar-refractivity contribution in [1.29, 1.82) is 0 Å². The van der Waals surface area contributed by atoms with Gasteiger partial charge in [-0.15, -0.1) is 0 Å². The maximum absolute atomic E-state index is 13.3. The number of primary amides is 1. The summed E-state index contributed by atoms with van der Waals surface area (Å²) in [6, 6.07) is 6.27. The summed E-state index contributed by atoms with van der Waals surface area (Å²) in [6.45, 7) is 3.08. The average Bonchev–Trinajstić information content (AvgIpc) is 2.65. The van der Waals surface area contributed by atoms with Crippen LogP contribution in [-0.4, -0.2) is 38.4 Å². The Morgan fingerprint density at radius 2 is 1.74 bits per heavy atom. The van der Waals surface area contributed by atoms with Crippen molar-refractivity contribution in [3.63, 3.8) is 0 Å². The molecule has 170 valence electrons. The molecule has 0 heterocycles. The number of nitrogens with one attached hydrogen (secondary N) is 2. The number of rotatable bonds is 7. The van der Waals surface area contributed by atoms with Crippen molar-refractivity contribution in [3.05, 3.63) is 24.3 Å². The predicted molar refractivity (Wildman–Crippen MR) is 115 cm³/mol. The second kappa shape index (κ2) is 7.20. The van der Waals surface area contributed by atoms with Crippen molar-refractivity contribution in [3.8, 4) is 5.75 Å². The van der Waals surface area contributed by atoms with Gasteiger partial charge in [0.15, 0.2) is 0 Å². The fourth-order valence-corrected chi connectivity index (χ4v) is 7.92. The number of benzene rings is 1. The molecule has 0 spiro atoms. The number of sulfonamides is 1. The van der Waals surface area contributed by atoms with Crippen molar-refractivity contribution in [2.45, 2.75) is 68.3 Å². The van der Waals surface area contributed by atoms with Gasteiger partial charge in [-0.05, 0) is 76.3 Å². The molecule has 5 rings (SSSR count). The number of hydrogen-bond donors (Lipinski definition) is 3. The van der Waals surface area contributed by atoms with Crippen LogP contribution in [0.5, 0.6) is 5.75 Å². The molecule has 0 aliphatic heterocycles. The van der Waals surface area contributed by atoms with E-state index < -0.39 is 32.4 Å². The van der Waals surface area contributed by atoms with E-state index in [4.69, 9.17) is 10.5 Å². The van der Waals surface area contributed by atoms with Crippen LogP contribution in [-0.2, 0) is 19.6 Å². The molecule has 4 saturated carbocycles. The highest BCUT2D eigenvalue weighted by molar-refractivity contribution is 7.89. The van der Waals surface area contributed by atoms with E-state index in [-0.39, 0.29) is 16.6 Å². The molecule has 2 amide bonds. The molecular weight excluding hydrogens is 418 g/mol. The van der Waals surface area contributed by atoms with Crippen LogP contribution in [0.25, 0.3) is 0 Å². The minimum atomic E-state index is -4.01. The van der Waals surface area contributed by atoms with Gasteiger partial charge < -0.3 is 15.8 Å². The molecule has 1 aromatic carbocycles. The van der Waals surface area contributed by atoms with Gasteiger partial charge in [0.1, 0.15) is 16.2 Å². The van der Waals surface area contributed by atoms with Crippen molar-refractivity contribution in [2.24, 2.45) is 23.0 Å². The molecule has 9 heteroatoms. The van der Waals surface area contributed by atoms with Crippen molar-refractivity contribution >= 4 is 21.8 Å². The molecule has 31 heavy (non-hydrogen) atoms. The molecule has 0 aromatic heterocycles. The van der Waals surface area contributed by atoms with Crippen LogP contribution in [0.2, 0.25) is 0 Å². The predicted octanol–water partition coefficient (Wildman–Crippen LogP) is 1.69. The van der Waals surface area contributed by atoms with E-state index in [2.05, 4.69) is 10.0 Å². The monoisotopic (exact) mass is 449 g/mol. The van der Waals surface area contributed by atoms with Gasteiger partial charge in [0.25, 0.3) is 0 Å². The Labute approximate surface area is 183 Å². The summed E-state index contributed by atoms with van der Waals surface area (Å²) in [7, 11) is -2.61. The Hall–Kier alpha value is -2.13. The summed E-state index contributed by atoms with van der Waals surface area (Å²) >= 11 is 0. The van der Waals surface area contributed by atoms with E-state index in [1.54, 1.807) is 32.0 Å². The van der Waals surface area contributed by atoms with E-state index in [0.29, 0.717) is 18.3 Å². The van der Waals surface area contributed by atoms with Gasteiger partial charge in [-0.1, -0.05) is 12.1 Å². The smallest absolute Gasteiger partial charge is 0.245 e. The van der Waals surface area contributed by atoms with E-state index in [0.717, 1.165) is 32.1 Å². The molecule has 4 N–H and O–H groups in total. The molecule has 2 unspecified atom stereocenters. The lowest BCUT2D eigenvalue weighted by Gasteiger charge is -2.61. The van der Waals surface area contributed by atoms with Crippen molar-refractivity contribution < 1.29 is 22.7 Å². The van der Waals surface area contributed by atoms with Gasteiger partial charge in [0.2, 0.25) is 21.8 Å². The third-order valence-electron chi connectivity index (χ3n) is 7.28. The first-order valence-corrected chi connectivity index (χ1v) is 12.2. The topological polar surface area (TPSA) is 128 Å². The SMILES string of the molecule is COc1ccccc1S(=O)(=O)NC(C)(C)C(=O)NC12CC3CC(C1)CC(C(N)=O)(C3)C2. The summed E-state index contributed by atoms with van der Waals surface area (Å²) < 4.78 is 33.7. The molecule has 4 aliphatic rings. The first-order chi connectivity index (χ1) is 14.4. The Bertz CT molecular complexity index is 1010. The summed E-state index contributed by atoms with van der Waals surface area (Å²) in [5, 5.41) is 3.14. The summed E-state index contributed by atoms with van der Waals surface area (Å²) in [5.41, 5.74) is 3.32. The highest BCUT2D eigenvalue weighted by Gasteiger charge is 2.61. The second-order valence-electron chi connectivity index (χ2n) is 10.2. The highest BCUT2D eigenvalue weighted by atomic mass is 32.2. The fraction of sp³-hybridized carbons (Fsp3) is 0.636. The van der Waals surface area contributed by atoms with E-state index >= 15 is 0 Å². The molecule has 8 nitrogen and oxygen atoms in total. The summed E-state index contributed by atoms with van der Waals surface area (Å²) in [6.07, 6.45) is 4.79. The number of methoxy groups -OCH3 is 1. The van der Waals surface area contributed by atoms with Gasteiger partial charge in [0.05, 0.1) is 12.5 Å². The van der Waals surface area contributed by atoms with Crippen LogP contribution in [0.15, 0.2) is 29.2 Å². The van der Waals surface area contributed by atoms with Crippen LogP contribution >= 0.6 is 0 Å². The molecule has 2 atom stereocenters. The molecular formula is C22H31N3O5S. The molecule has 4 bridgehead atoms. The minimum absolute atomic E-state index is 0.0270. The average molecular weight is 450 g/mol. The van der Waals surface area contributed by atoms with Crippen LogP contribution in [0.4, 0.5) is 0 Å². The lowest BCUT2D eigenvalue weighted by atomic mass is 9.46. The third-order valence-corrected chi connectivity index (χ3v) is 8.97. The number of carbonyl (C=O) groups is 2. The largest absolute Gasteiger partial charge is 0.495 e. The lowest BCUT2D eigenvalue weighted by Crippen LogP contribution is -2.68. The third kappa shape index (κ3) is 3.82. The highest BCUT2D eigenvalue weighted by Crippen LogP contribution is 2.61. The number of amides is 2. The first-order valence-electron chi connectivity index (χ1n) is 10.7. The fourth-order valence-electron chi connectivity index (χ4n) is 6.37. The molecule has 1 aromatic rings. The Morgan fingerprint density at radius 1 is 1.13 bits per heavy atom. The van der Waals surface area contributed by atoms with E-state index in [1.165, 1.54) is 13.2 Å². The van der Waals surface area contributed by atoms with Crippen LogP contribution in [0.1, 0.15) is 52.4 Å². The lowest BCUT2D eigenvalue weighted by molar-refractivity contribution is -0.151. The van der Waals surface area contributed by atoms with Gasteiger partial charge in [0, 0.05) is 5.54 Å². The molecule has 4 fully saturated rings. The quantitative estimate of drug-likeness (QED) is 0.584. The summed E-state index contributed by atoms with van der Waals surface area (Å²) in [5.74, 6) is 0.240. The van der Waals surface area contributed by atoms with Gasteiger partial charge in [-0.2, -0.15) is 4.72 Å². The Kier molecular flexibility index (Phi) is 5.13. The zero-order valence-electron chi connectivity index (χ0n) is 18.2. The Morgan fingerprint density at radius 3 is 2.32 bits per heavy atom. The number of ether oxygens (including phenoxy) is 1. The first kappa shape index (κ1) is 22.1. The van der Waals surface area contributed by atoms with Gasteiger partial charge >= 0.3 is 0 Å². The van der Waals surface area contributed by atoms with Crippen LogP contribution in [0.3, 0.4) is 0 Å². The normalized spacial score (nSPS) is 32.0. The Balaban J connectivity index is 1.55. The zero-order chi connectivity index (χ0) is 22.7. The summed E-state index contributed by atoms with van der Waals surface area (Å²) in [4.78, 5) is 25.6. The van der Waals surface area contributed by atoms with Crippen molar-refractivity contribution in [2.75, 3.05) is 7.11 Å². The molecule has 0 radical (unpaired) electrons. The van der Waals surface area contributed by atoms with Gasteiger partial charge in [-0.25, -0.2) is 8.42 Å². The van der Waals surface area contributed by atoms with Crippen LogP contribution < -0.4 is 20.5 Å². The molecule has 0 saturated heterocycles. The number of carbonyl (C=O) groups excluding carboxylic acids is 2. The van der Waals surface area contributed by atoms with E-state index in [1.807, 2.05) is 0 Å². The maximum Gasteiger partial charge on any atom is 0.245 e. The number of hydrogen-bond acceptors (Lipinski definition) is 5. The second-order valence-corrected chi connectivity index (χ2v) is 11.9. The van der Waals surface area contributed by atoms with Crippen molar-refractivity contribution in [1.82, 2.24) is 10.0 Å². The standard InChI is InChI=1S/C22H31N3O5S/c1-20(2,25-31(28,29)17-7-5-4-6-16(17)30-3)19(27)24-22-11-14-8-15(12-22)10-21(9-14,13-22)18(23)26/h4-7,14-15,25H,8-13H2,1-3H3,(H2,23,26)(H,24,27). The maximum atomic E-state index is 13.3. The van der Waals surface area contributed by atoms with E-state index in [9.17, 15) is 18.0 Å². The van der Waals surface area contributed by atoms with Gasteiger partial charge in [-0.3, -0.25) is 9.59 Å². The number of nitrogens with two attached hydrogens (primary N) is 1.